The first-order valence-electron chi connectivity index (χ1n) is 10.5. The summed E-state index contributed by atoms with van der Waals surface area (Å²) in [7, 11) is 0. The van der Waals surface area contributed by atoms with E-state index in [1.807, 2.05) is 5.32 Å². The van der Waals surface area contributed by atoms with E-state index in [-0.39, 0.29) is 19.0 Å². The van der Waals surface area contributed by atoms with Gasteiger partial charge in [0.1, 0.15) is 18.1 Å². The van der Waals surface area contributed by atoms with Gasteiger partial charge in [0.15, 0.2) is 0 Å². The van der Waals surface area contributed by atoms with Crippen LogP contribution in [0.3, 0.4) is 0 Å². The predicted octanol–water partition coefficient (Wildman–Crippen LogP) is -2.81. The van der Waals surface area contributed by atoms with Gasteiger partial charge in [0, 0.05) is 19.6 Å². The van der Waals surface area contributed by atoms with Crippen molar-refractivity contribution in [2.45, 2.75) is 63.4 Å². The van der Waals surface area contributed by atoms with Gasteiger partial charge < -0.3 is 41.5 Å². The average Bonchev–Trinajstić information content (AvgIpc) is 3.38. The zero-order valence-corrected chi connectivity index (χ0v) is 18.1. The number of nitrogens with one attached hydrogen (secondary N) is 2. The smallest absolute Gasteiger partial charge is 0.405 e. The van der Waals surface area contributed by atoms with Crippen molar-refractivity contribution < 1.29 is 39.3 Å². The van der Waals surface area contributed by atoms with Crippen LogP contribution in [0.15, 0.2) is 0 Å². The molecule has 0 bridgehead atoms. The molecule has 2 aliphatic heterocycles. The van der Waals surface area contributed by atoms with Gasteiger partial charge in [-0.2, -0.15) is 0 Å². The molecule has 2 rings (SSSR count). The second-order valence-electron chi connectivity index (χ2n) is 8.26. The molecule has 0 aliphatic carbocycles. The molecule has 0 aromatic carbocycles. The second-order valence-corrected chi connectivity index (χ2v) is 8.26. The van der Waals surface area contributed by atoms with Crippen molar-refractivity contribution in [2.75, 3.05) is 19.6 Å². The van der Waals surface area contributed by atoms with Gasteiger partial charge in [0.25, 0.3) is 0 Å². The van der Waals surface area contributed by atoms with Gasteiger partial charge in [-0.3, -0.25) is 19.2 Å². The molecule has 0 aromatic heterocycles. The minimum atomic E-state index is -1.45. The molecular weight excluding hydrogens is 426 g/mol. The molecule has 0 spiro atoms. The van der Waals surface area contributed by atoms with E-state index in [4.69, 9.17) is 10.8 Å². The lowest BCUT2D eigenvalue weighted by atomic mass is 10.1. The van der Waals surface area contributed by atoms with E-state index in [2.05, 4.69) is 5.32 Å². The number of nitrogens with two attached hydrogens (primary N) is 1. The van der Waals surface area contributed by atoms with Crippen molar-refractivity contribution in [3.8, 4) is 0 Å². The summed E-state index contributed by atoms with van der Waals surface area (Å²) in [5.74, 6) is -3.03. The number of amides is 5. The number of carbonyl (C=O) groups is 5. The number of nitrogens with zero attached hydrogens (tertiary/aromatic N) is 2. The number of carboxylic acid groups (broad SMARTS) is 1. The molecule has 0 unspecified atom stereocenters. The van der Waals surface area contributed by atoms with Gasteiger partial charge in [0.05, 0.1) is 18.1 Å². The lowest BCUT2D eigenvalue weighted by Crippen LogP contribution is -2.56. The third kappa shape index (κ3) is 5.85. The minimum Gasteiger partial charge on any atom is -0.465 e. The molecule has 2 fully saturated rings. The van der Waals surface area contributed by atoms with Crippen LogP contribution in [0.25, 0.3) is 0 Å². The summed E-state index contributed by atoms with van der Waals surface area (Å²) < 4.78 is 0. The van der Waals surface area contributed by atoms with Crippen LogP contribution < -0.4 is 16.4 Å². The molecule has 6 atom stereocenters. The normalized spacial score (nSPS) is 24.4. The molecule has 0 radical (unpaired) electrons. The van der Waals surface area contributed by atoms with Gasteiger partial charge in [-0.05, 0) is 33.1 Å². The van der Waals surface area contributed by atoms with Crippen molar-refractivity contribution in [1.82, 2.24) is 20.4 Å². The van der Waals surface area contributed by atoms with E-state index in [0.717, 1.165) is 0 Å². The van der Waals surface area contributed by atoms with Gasteiger partial charge in [0.2, 0.25) is 23.6 Å². The van der Waals surface area contributed by atoms with Crippen molar-refractivity contribution in [1.29, 1.82) is 0 Å². The Bertz CT molecular complexity index is 758. The predicted molar refractivity (Wildman–Crippen MR) is 109 cm³/mol. The third-order valence-corrected chi connectivity index (χ3v) is 5.80. The Hall–Kier alpha value is -2.93. The molecular formula is C19H31N5O8. The SMILES string of the molecule is C[C@@H](O)[C@H](NC(=O)[C@H]1CCCN1C(=O)[C@H]1CCN(C(=O)[C@@H](NC(=O)O)[C@@H](C)O)C1)C(N)=O. The van der Waals surface area contributed by atoms with Crippen molar-refractivity contribution in [2.24, 2.45) is 11.7 Å². The molecule has 13 heteroatoms. The summed E-state index contributed by atoms with van der Waals surface area (Å²) in [6.45, 7) is 3.17. The quantitative estimate of drug-likeness (QED) is 0.224. The van der Waals surface area contributed by atoms with E-state index in [1.54, 1.807) is 0 Å². The molecule has 13 nitrogen and oxygen atoms in total. The van der Waals surface area contributed by atoms with Crippen LogP contribution in [0.4, 0.5) is 4.79 Å². The summed E-state index contributed by atoms with van der Waals surface area (Å²) in [5, 5.41) is 32.6. The zero-order chi connectivity index (χ0) is 24.2. The maximum Gasteiger partial charge on any atom is 0.405 e. The fourth-order valence-electron chi connectivity index (χ4n) is 4.10. The average molecular weight is 457 g/mol. The van der Waals surface area contributed by atoms with Crippen molar-refractivity contribution in [3.63, 3.8) is 0 Å². The maximum atomic E-state index is 13.1. The van der Waals surface area contributed by atoms with Crippen molar-refractivity contribution in [3.05, 3.63) is 0 Å². The van der Waals surface area contributed by atoms with Gasteiger partial charge >= 0.3 is 6.09 Å². The van der Waals surface area contributed by atoms with Gasteiger partial charge in [-0.1, -0.05) is 0 Å². The Morgan fingerprint density at radius 1 is 0.969 bits per heavy atom. The standard InChI is InChI=1S/C19H31N5O8/c1-9(25)13(15(20)27)21-16(28)12-4-3-6-24(12)17(29)11-5-7-23(8-11)18(30)14(10(2)26)22-19(31)32/h9-14,22,25-26H,3-8H2,1-2H3,(H2,20,27)(H,21,28)(H,31,32)/t9-,10-,11+,12-,13+,14+/m1/s1. The fourth-order valence-corrected chi connectivity index (χ4v) is 4.10. The highest BCUT2D eigenvalue weighted by molar-refractivity contribution is 5.93. The fraction of sp³-hybridized carbons (Fsp3) is 0.737. The number of rotatable bonds is 8. The van der Waals surface area contributed by atoms with E-state index < -0.39 is 60.1 Å². The highest BCUT2D eigenvalue weighted by atomic mass is 16.4. The van der Waals surface area contributed by atoms with Gasteiger partial charge in [-0.15, -0.1) is 0 Å². The largest absolute Gasteiger partial charge is 0.465 e. The van der Waals surface area contributed by atoms with Crippen LogP contribution in [0.1, 0.15) is 33.1 Å². The lowest BCUT2D eigenvalue weighted by molar-refractivity contribution is -0.142. The van der Waals surface area contributed by atoms with Crippen LogP contribution in [0.2, 0.25) is 0 Å². The molecule has 0 aromatic rings. The second kappa shape index (κ2) is 10.6. The molecule has 180 valence electrons. The third-order valence-electron chi connectivity index (χ3n) is 5.80. The van der Waals surface area contributed by atoms with E-state index >= 15 is 0 Å². The summed E-state index contributed by atoms with van der Waals surface area (Å²) in [4.78, 5) is 63.4. The topological polar surface area (TPSA) is 203 Å². The molecule has 5 amide bonds. The monoisotopic (exact) mass is 457 g/mol. The Morgan fingerprint density at radius 3 is 2.12 bits per heavy atom. The highest BCUT2D eigenvalue weighted by Crippen LogP contribution is 2.25. The Balaban J connectivity index is 2.03. The van der Waals surface area contributed by atoms with Crippen LogP contribution in [0.5, 0.6) is 0 Å². The van der Waals surface area contributed by atoms with Crippen LogP contribution >= 0.6 is 0 Å². The summed E-state index contributed by atoms with van der Waals surface area (Å²) in [6, 6.07) is -3.46. The van der Waals surface area contributed by atoms with Crippen LogP contribution in [-0.2, 0) is 19.2 Å². The minimum absolute atomic E-state index is 0.0324. The van der Waals surface area contributed by atoms with Crippen LogP contribution in [-0.4, -0.2) is 105 Å². The summed E-state index contributed by atoms with van der Waals surface area (Å²) in [6.07, 6.45) is -2.63. The molecule has 0 saturated carbocycles. The maximum absolute atomic E-state index is 13.1. The Kier molecular flexibility index (Phi) is 8.38. The molecule has 32 heavy (non-hydrogen) atoms. The van der Waals surface area contributed by atoms with E-state index in [1.165, 1.54) is 23.6 Å². The Morgan fingerprint density at radius 2 is 1.59 bits per heavy atom. The van der Waals surface area contributed by atoms with E-state index in [9.17, 15) is 34.2 Å². The van der Waals surface area contributed by atoms with Crippen LogP contribution in [0, 0.1) is 5.92 Å². The molecule has 7 N–H and O–H groups in total. The number of hydrogen-bond donors (Lipinski definition) is 6. The number of aliphatic hydroxyl groups excluding tert-OH is 2. The number of hydrogen-bond acceptors (Lipinski definition) is 7. The summed E-state index contributed by atoms with van der Waals surface area (Å²) >= 11 is 0. The van der Waals surface area contributed by atoms with Crippen molar-refractivity contribution >= 4 is 29.7 Å². The molecule has 2 aliphatic rings. The number of aliphatic hydroxyl groups is 2. The van der Waals surface area contributed by atoms with E-state index in [0.29, 0.717) is 25.8 Å². The first kappa shape index (κ1) is 25.3. The molecule has 2 heterocycles. The first-order valence-corrected chi connectivity index (χ1v) is 10.5. The van der Waals surface area contributed by atoms with Gasteiger partial charge in [-0.25, -0.2) is 4.79 Å². The number of primary amides is 1. The number of carbonyl (C=O) groups excluding carboxylic acids is 4. The zero-order valence-electron chi connectivity index (χ0n) is 18.1. The first-order chi connectivity index (χ1) is 14.9. The lowest BCUT2D eigenvalue weighted by Gasteiger charge is -2.29. The Labute approximate surface area is 184 Å². The number of likely N-dealkylation sites (tertiary alicyclic amines) is 2. The summed E-state index contributed by atoms with van der Waals surface area (Å²) in [5.41, 5.74) is 5.21. The molecule has 2 saturated heterocycles. The highest BCUT2D eigenvalue weighted by Gasteiger charge is 2.42.